The summed E-state index contributed by atoms with van der Waals surface area (Å²) in [6, 6.07) is 19.5. The van der Waals surface area contributed by atoms with Crippen LogP contribution in [-0.4, -0.2) is 45.9 Å². The number of benzene rings is 2. The van der Waals surface area contributed by atoms with Gasteiger partial charge in [-0.2, -0.15) is 0 Å². The minimum Gasteiger partial charge on any atom is -0.378 e. The zero-order chi connectivity index (χ0) is 19.9. The first-order valence-corrected chi connectivity index (χ1v) is 10.7. The van der Waals surface area contributed by atoms with Crippen LogP contribution in [0, 0.1) is 0 Å². The summed E-state index contributed by atoms with van der Waals surface area (Å²) in [5.41, 5.74) is 4.26. The Hall–Kier alpha value is -1.80. The van der Waals surface area contributed by atoms with Crippen LogP contribution in [0.1, 0.15) is 30.4 Å². The third kappa shape index (κ3) is 5.27. The van der Waals surface area contributed by atoms with Gasteiger partial charge in [-0.05, 0) is 30.0 Å². The highest BCUT2D eigenvalue weighted by Crippen LogP contribution is 2.43. The molecule has 2 fully saturated rings. The van der Waals surface area contributed by atoms with Gasteiger partial charge in [-0.3, -0.25) is 4.99 Å². The number of aliphatic imine (C=N–C) groups is 1. The van der Waals surface area contributed by atoms with Crippen molar-refractivity contribution in [1.29, 1.82) is 0 Å². The molecule has 0 aromatic heterocycles. The number of para-hydroxylation sites is 1. The number of hydrogen-bond acceptors (Lipinski definition) is 3. The maximum absolute atomic E-state index is 5.51. The van der Waals surface area contributed by atoms with Crippen molar-refractivity contribution in [3.63, 3.8) is 0 Å². The van der Waals surface area contributed by atoms with E-state index in [4.69, 9.17) is 4.74 Å². The minimum atomic E-state index is 0. The Morgan fingerprint density at radius 3 is 2.37 bits per heavy atom. The van der Waals surface area contributed by atoms with E-state index in [1.54, 1.807) is 0 Å². The molecule has 30 heavy (non-hydrogen) atoms. The van der Waals surface area contributed by atoms with E-state index in [0.29, 0.717) is 0 Å². The summed E-state index contributed by atoms with van der Waals surface area (Å²) in [6.07, 6.45) is 3.78. The molecule has 0 radical (unpaired) electrons. The molecule has 4 rings (SSSR count). The number of hydrogen-bond donors (Lipinski definition) is 2. The van der Waals surface area contributed by atoms with Crippen molar-refractivity contribution in [2.75, 3.05) is 44.8 Å². The monoisotopic (exact) mass is 520 g/mol. The molecule has 1 heterocycles. The molecule has 2 aromatic carbocycles. The van der Waals surface area contributed by atoms with Crippen LogP contribution in [-0.2, 0) is 16.7 Å². The molecule has 2 N–H and O–H groups in total. The van der Waals surface area contributed by atoms with E-state index in [9.17, 15) is 0 Å². The summed E-state index contributed by atoms with van der Waals surface area (Å²) >= 11 is 0. The van der Waals surface area contributed by atoms with Gasteiger partial charge in [0.05, 0.1) is 13.2 Å². The van der Waals surface area contributed by atoms with E-state index in [2.05, 4.69) is 75.1 Å². The molecule has 2 aliphatic rings. The molecule has 1 saturated heterocycles. The number of nitrogens with one attached hydrogen (secondary N) is 2. The van der Waals surface area contributed by atoms with Crippen LogP contribution in [0.25, 0.3) is 0 Å². The normalized spacial score (nSPS) is 18.2. The van der Waals surface area contributed by atoms with E-state index < -0.39 is 0 Å². The molecule has 0 spiro atoms. The van der Waals surface area contributed by atoms with Gasteiger partial charge >= 0.3 is 0 Å². The van der Waals surface area contributed by atoms with Gasteiger partial charge in [-0.1, -0.05) is 55.0 Å². The first-order valence-electron chi connectivity index (χ1n) is 10.7. The Kier molecular flexibility index (Phi) is 8.39. The van der Waals surface area contributed by atoms with Gasteiger partial charge < -0.3 is 20.3 Å². The topological polar surface area (TPSA) is 48.9 Å². The lowest BCUT2D eigenvalue weighted by Crippen LogP contribution is -2.48. The Bertz CT molecular complexity index is 817. The highest BCUT2D eigenvalue weighted by atomic mass is 127. The molecule has 5 nitrogen and oxygen atoms in total. The third-order valence-corrected chi connectivity index (χ3v) is 6.30. The second-order valence-electron chi connectivity index (χ2n) is 8.01. The SMILES string of the molecule is CN=C(NCc1ccccc1N1CCOCC1)NCC1(c2ccccc2)CCC1.I. The first-order chi connectivity index (χ1) is 14.3. The van der Waals surface area contributed by atoms with Crippen LogP contribution in [0.5, 0.6) is 0 Å². The predicted molar refractivity (Wildman–Crippen MR) is 135 cm³/mol. The van der Waals surface area contributed by atoms with E-state index in [0.717, 1.165) is 45.4 Å². The van der Waals surface area contributed by atoms with Crippen molar-refractivity contribution >= 4 is 35.6 Å². The molecular formula is C24H33IN4O. The Balaban J connectivity index is 0.00000256. The predicted octanol–water partition coefficient (Wildman–Crippen LogP) is 3.93. The number of halogens is 1. The van der Waals surface area contributed by atoms with Gasteiger partial charge in [0.15, 0.2) is 5.96 Å². The standard InChI is InChI=1S/C24H32N4O.HI/c1-25-23(27-19-24(12-7-13-24)21-9-3-2-4-10-21)26-18-20-8-5-6-11-22(20)28-14-16-29-17-15-28;/h2-6,8-11H,7,12-19H2,1H3,(H2,25,26,27);1H. The van der Waals surface area contributed by atoms with Crippen LogP contribution in [0.2, 0.25) is 0 Å². The maximum Gasteiger partial charge on any atom is 0.191 e. The summed E-state index contributed by atoms with van der Waals surface area (Å²) in [7, 11) is 1.85. The lowest BCUT2D eigenvalue weighted by atomic mass is 9.64. The average Bonchev–Trinajstić information content (AvgIpc) is 2.76. The van der Waals surface area contributed by atoms with Gasteiger partial charge in [-0.15, -0.1) is 24.0 Å². The van der Waals surface area contributed by atoms with Crippen LogP contribution < -0.4 is 15.5 Å². The van der Waals surface area contributed by atoms with E-state index in [1.807, 2.05) is 7.05 Å². The number of rotatable bonds is 6. The summed E-state index contributed by atoms with van der Waals surface area (Å²) < 4.78 is 5.51. The van der Waals surface area contributed by atoms with Crippen LogP contribution >= 0.6 is 24.0 Å². The number of ether oxygens (including phenoxy) is 1. The second kappa shape index (κ2) is 11.0. The van der Waals surface area contributed by atoms with E-state index in [1.165, 1.54) is 36.1 Å². The molecule has 6 heteroatoms. The molecule has 0 bridgehead atoms. The fraction of sp³-hybridized carbons (Fsp3) is 0.458. The van der Waals surface area contributed by atoms with Gasteiger partial charge in [0, 0.05) is 44.3 Å². The summed E-state index contributed by atoms with van der Waals surface area (Å²) in [5, 5.41) is 7.10. The zero-order valence-electron chi connectivity index (χ0n) is 17.8. The quantitative estimate of drug-likeness (QED) is 0.345. The molecule has 0 amide bonds. The van der Waals surface area contributed by atoms with Gasteiger partial charge in [0.1, 0.15) is 0 Å². The summed E-state index contributed by atoms with van der Waals surface area (Å²) in [5.74, 6) is 0.865. The minimum absolute atomic E-state index is 0. The van der Waals surface area contributed by atoms with E-state index >= 15 is 0 Å². The molecule has 2 aromatic rings. The highest BCUT2D eigenvalue weighted by molar-refractivity contribution is 14.0. The van der Waals surface area contributed by atoms with Crippen LogP contribution in [0.15, 0.2) is 59.6 Å². The van der Waals surface area contributed by atoms with Crippen molar-refractivity contribution in [3.8, 4) is 0 Å². The van der Waals surface area contributed by atoms with Gasteiger partial charge in [0.25, 0.3) is 0 Å². The molecule has 162 valence electrons. The zero-order valence-corrected chi connectivity index (χ0v) is 20.1. The molecule has 0 atom stereocenters. The number of morpholine rings is 1. The molecule has 1 aliphatic heterocycles. The highest BCUT2D eigenvalue weighted by Gasteiger charge is 2.38. The Labute approximate surface area is 197 Å². The number of guanidine groups is 1. The first kappa shape index (κ1) is 22.9. The fourth-order valence-corrected chi connectivity index (χ4v) is 4.39. The smallest absolute Gasteiger partial charge is 0.191 e. The summed E-state index contributed by atoms with van der Waals surface area (Å²) in [6.45, 7) is 5.17. The molecule has 0 unspecified atom stereocenters. The lowest BCUT2D eigenvalue weighted by Gasteiger charge is -2.43. The van der Waals surface area contributed by atoms with Crippen molar-refractivity contribution < 1.29 is 4.74 Å². The molecule has 1 aliphatic carbocycles. The van der Waals surface area contributed by atoms with Gasteiger partial charge in [0.2, 0.25) is 0 Å². The van der Waals surface area contributed by atoms with Crippen molar-refractivity contribution in [1.82, 2.24) is 10.6 Å². The Morgan fingerprint density at radius 2 is 1.70 bits per heavy atom. The van der Waals surface area contributed by atoms with Crippen molar-refractivity contribution in [2.24, 2.45) is 4.99 Å². The molecule has 1 saturated carbocycles. The van der Waals surface area contributed by atoms with E-state index in [-0.39, 0.29) is 29.4 Å². The Morgan fingerprint density at radius 1 is 1.00 bits per heavy atom. The van der Waals surface area contributed by atoms with Gasteiger partial charge in [-0.25, -0.2) is 0 Å². The van der Waals surface area contributed by atoms with Crippen LogP contribution in [0.4, 0.5) is 5.69 Å². The van der Waals surface area contributed by atoms with Crippen LogP contribution in [0.3, 0.4) is 0 Å². The summed E-state index contributed by atoms with van der Waals surface area (Å²) in [4.78, 5) is 6.87. The maximum atomic E-state index is 5.51. The lowest BCUT2D eigenvalue weighted by molar-refractivity contribution is 0.122. The molecular weight excluding hydrogens is 487 g/mol. The largest absolute Gasteiger partial charge is 0.378 e. The number of nitrogens with zero attached hydrogens (tertiary/aromatic N) is 2. The second-order valence-corrected chi connectivity index (χ2v) is 8.01. The van der Waals surface area contributed by atoms with Crippen molar-refractivity contribution in [3.05, 3.63) is 65.7 Å². The third-order valence-electron chi connectivity index (χ3n) is 6.30. The number of anilines is 1. The average molecular weight is 520 g/mol. The fourth-order valence-electron chi connectivity index (χ4n) is 4.39. The van der Waals surface area contributed by atoms with Crippen molar-refractivity contribution in [2.45, 2.75) is 31.2 Å².